The van der Waals surface area contributed by atoms with Gasteiger partial charge in [-0.25, -0.2) is 9.59 Å². The van der Waals surface area contributed by atoms with Gasteiger partial charge < -0.3 is 33.7 Å². The van der Waals surface area contributed by atoms with E-state index in [2.05, 4.69) is 21.2 Å². The molecule has 0 aliphatic carbocycles. The number of rotatable bonds is 8. The molecular weight excluding hydrogens is 438 g/mol. The molecule has 1 aliphatic heterocycles. The van der Waals surface area contributed by atoms with Crippen molar-refractivity contribution in [2.24, 2.45) is 0 Å². The molecule has 0 bridgehead atoms. The van der Waals surface area contributed by atoms with E-state index in [1.54, 1.807) is 20.3 Å². The average molecular weight is 462 g/mol. The highest BCUT2D eigenvalue weighted by atomic mass is 79.9. The van der Waals surface area contributed by atoms with Crippen LogP contribution in [-0.4, -0.2) is 59.1 Å². The summed E-state index contributed by atoms with van der Waals surface area (Å²) in [7, 11) is 3.13. The monoisotopic (exact) mass is 461 g/mol. The molecule has 28 heavy (non-hydrogen) atoms. The van der Waals surface area contributed by atoms with E-state index in [4.69, 9.17) is 28.4 Å². The Morgan fingerprint density at radius 2 is 1.86 bits per heavy atom. The number of methoxy groups -OCH3 is 2. The molecule has 0 atom stereocenters. The largest absolute Gasteiger partial charge is 0.511 e. The van der Waals surface area contributed by atoms with Gasteiger partial charge in [0, 0.05) is 19.4 Å². The molecule has 1 fully saturated rings. The third-order valence-electron chi connectivity index (χ3n) is 4.02. The minimum Gasteiger partial charge on any atom is -0.496 e. The van der Waals surface area contributed by atoms with Crippen molar-refractivity contribution < 1.29 is 38.0 Å². The zero-order chi connectivity index (χ0) is 20.4. The summed E-state index contributed by atoms with van der Waals surface area (Å²) in [5.41, 5.74) is 0.860. The molecule has 1 aliphatic rings. The second-order valence-corrected chi connectivity index (χ2v) is 6.70. The maximum atomic E-state index is 11.7. The number of benzene rings is 1. The first kappa shape index (κ1) is 22.1. The molecule has 1 aromatic rings. The summed E-state index contributed by atoms with van der Waals surface area (Å²) in [5.74, 6) is 1.33. The number of carbonyl (C=O) groups is 2. The van der Waals surface area contributed by atoms with Crippen LogP contribution in [0.4, 0.5) is 9.59 Å². The van der Waals surface area contributed by atoms with E-state index < -0.39 is 19.0 Å². The maximum Gasteiger partial charge on any atom is 0.511 e. The lowest BCUT2D eigenvalue weighted by molar-refractivity contribution is -0.0532. The van der Waals surface area contributed by atoms with Crippen LogP contribution < -0.4 is 14.8 Å². The second kappa shape index (κ2) is 11.6. The van der Waals surface area contributed by atoms with Gasteiger partial charge in [-0.3, -0.25) is 0 Å². The number of hydrogen-bond donors (Lipinski definition) is 1. The van der Waals surface area contributed by atoms with Gasteiger partial charge in [0.25, 0.3) is 0 Å². The number of hydrogen-bond acceptors (Lipinski definition) is 8. The van der Waals surface area contributed by atoms with Gasteiger partial charge >= 0.3 is 12.2 Å². The predicted octanol–water partition coefficient (Wildman–Crippen LogP) is 3.02. The fourth-order valence-corrected chi connectivity index (χ4v) is 3.05. The van der Waals surface area contributed by atoms with E-state index in [0.717, 1.165) is 10.0 Å². The topological polar surface area (TPSA) is 102 Å². The minimum absolute atomic E-state index is 0.229. The first-order valence-electron chi connectivity index (χ1n) is 8.75. The van der Waals surface area contributed by atoms with Gasteiger partial charge in [0.15, 0.2) is 0 Å². The normalized spacial score (nSPS) is 14.1. The molecule has 9 nitrogen and oxygen atoms in total. The highest BCUT2D eigenvalue weighted by Gasteiger charge is 2.19. The van der Waals surface area contributed by atoms with Gasteiger partial charge in [-0.05, 0) is 40.0 Å². The summed E-state index contributed by atoms with van der Waals surface area (Å²) in [6.45, 7) is 0.869. The van der Waals surface area contributed by atoms with Crippen molar-refractivity contribution in [3.63, 3.8) is 0 Å². The second-order valence-electron chi connectivity index (χ2n) is 5.85. The van der Waals surface area contributed by atoms with Crippen molar-refractivity contribution >= 4 is 28.2 Å². The van der Waals surface area contributed by atoms with E-state index in [1.807, 2.05) is 6.07 Å². The van der Waals surface area contributed by atoms with E-state index >= 15 is 0 Å². The number of ether oxygens (including phenoxy) is 6. The zero-order valence-electron chi connectivity index (χ0n) is 15.8. The molecule has 1 aromatic carbocycles. The fourth-order valence-electron chi connectivity index (χ4n) is 2.56. The van der Waals surface area contributed by atoms with Crippen LogP contribution in [0.5, 0.6) is 11.5 Å². The quantitative estimate of drug-likeness (QED) is 0.465. The first-order chi connectivity index (χ1) is 13.5. The Hall–Kier alpha value is -2.20. The summed E-state index contributed by atoms with van der Waals surface area (Å²) in [6, 6.07) is 3.62. The molecule has 0 aromatic heterocycles. The molecule has 0 unspecified atom stereocenters. The van der Waals surface area contributed by atoms with Gasteiger partial charge in [-0.2, -0.15) is 0 Å². The van der Waals surface area contributed by atoms with Crippen molar-refractivity contribution in [1.29, 1.82) is 0 Å². The molecule has 2 rings (SSSR count). The average Bonchev–Trinajstić information content (AvgIpc) is 2.69. The van der Waals surface area contributed by atoms with Crippen molar-refractivity contribution in [1.82, 2.24) is 5.32 Å². The Bertz CT molecular complexity index is 663. The summed E-state index contributed by atoms with van der Waals surface area (Å²) >= 11 is 3.39. The van der Waals surface area contributed by atoms with Crippen LogP contribution in [0.1, 0.15) is 18.4 Å². The van der Waals surface area contributed by atoms with Crippen LogP contribution in [0.15, 0.2) is 16.6 Å². The van der Waals surface area contributed by atoms with Crippen LogP contribution in [0.2, 0.25) is 0 Å². The van der Waals surface area contributed by atoms with Crippen LogP contribution in [0, 0.1) is 0 Å². The molecule has 1 N–H and O–H groups in total. The number of amides is 1. The van der Waals surface area contributed by atoms with Gasteiger partial charge in [-0.15, -0.1) is 0 Å². The molecule has 156 valence electrons. The summed E-state index contributed by atoms with van der Waals surface area (Å²) < 4.78 is 31.1. The van der Waals surface area contributed by atoms with E-state index in [9.17, 15) is 9.59 Å². The highest BCUT2D eigenvalue weighted by molar-refractivity contribution is 9.10. The fraction of sp³-hybridized carbons (Fsp3) is 0.556. The number of carbonyl (C=O) groups excluding carboxylic acids is 2. The molecule has 10 heteroatoms. The summed E-state index contributed by atoms with van der Waals surface area (Å²) in [6.07, 6.45) is -0.0583. The summed E-state index contributed by atoms with van der Waals surface area (Å²) in [5, 5.41) is 2.57. The van der Waals surface area contributed by atoms with Crippen LogP contribution in [-0.2, 0) is 25.4 Å². The van der Waals surface area contributed by atoms with Crippen molar-refractivity contribution in [3.05, 3.63) is 22.2 Å². The lowest BCUT2D eigenvalue weighted by Gasteiger charge is -2.21. The molecule has 1 saturated heterocycles. The Labute approximate surface area is 171 Å². The molecular formula is C18H24BrNO8. The Balaban J connectivity index is 1.66. The van der Waals surface area contributed by atoms with Crippen molar-refractivity contribution in [2.75, 3.05) is 40.8 Å². The van der Waals surface area contributed by atoms with Crippen LogP contribution in [0.25, 0.3) is 0 Å². The van der Waals surface area contributed by atoms with Gasteiger partial charge in [0.2, 0.25) is 6.79 Å². The molecule has 1 heterocycles. The third kappa shape index (κ3) is 7.08. The van der Waals surface area contributed by atoms with Crippen LogP contribution in [0.3, 0.4) is 0 Å². The first-order valence-corrected chi connectivity index (χ1v) is 9.55. The van der Waals surface area contributed by atoms with Gasteiger partial charge in [0.05, 0.1) is 31.9 Å². The standard InChI is InChI=1S/C18H24BrNO8/c1-23-15-10-14(19)16(24-2)9-12(15)3-6-20-17(21)26-11-27-18(22)28-13-4-7-25-8-5-13/h9-10,13H,3-8,11H2,1-2H3,(H,20,21). The molecule has 0 saturated carbocycles. The van der Waals surface area contributed by atoms with Gasteiger partial charge in [-0.1, -0.05) is 0 Å². The minimum atomic E-state index is -0.869. The lowest BCUT2D eigenvalue weighted by Crippen LogP contribution is -2.29. The Kier molecular flexibility index (Phi) is 9.15. The van der Waals surface area contributed by atoms with Crippen molar-refractivity contribution in [3.8, 4) is 11.5 Å². The predicted molar refractivity (Wildman–Crippen MR) is 102 cm³/mol. The highest BCUT2D eigenvalue weighted by Crippen LogP contribution is 2.32. The summed E-state index contributed by atoms with van der Waals surface area (Å²) in [4.78, 5) is 23.2. The third-order valence-corrected chi connectivity index (χ3v) is 4.64. The molecule has 1 amide bonds. The van der Waals surface area contributed by atoms with Gasteiger partial charge in [0.1, 0.15) is 17.6 Å². The SMILES string of the molecule is COc1cc(CCNC(=O)OCOC(=O)OC2CCOCC2)c(OC)cc1Br. The van der Waals surface area contributed by atoms with E-state index in [1.165, 1.54) is 0 Å². The number of nitrogens with one attached hydrogen (secondary N) is 1. The van der Waals surface area contributed by atoms with Crippen molar-refractivity contribution in [2.45, 2.75) is 25.4 Å². The van der Waals surface area contributed by atoms with E-state index in [-0.39, 0.29) is 6.10 Å². The number of alkyl carbamates (subject to hydrolysis) is 1. The maximum absolute atomic E-state index is 11.7. The zero-order valence-corrected chi connectivity index (χ0v) is 17.4. The van der Waals surface area contributed by atoms with Crippen LogP contribution >= 0.6 is 15.9 Å². The lowest BCUT2D eigenvalue weighted by atomic mass is 10.1. The molecule has 0 spiro atoms. The Morgan fingerprint density at radius 3 is 2.54 bits per heavy atom. The van der Waals surface area contributed by atoms with E-state index in [0.29, 0.717) is 50.5 Å². The number of halogens is 1. The smallest absolute Gasteiger partial charge is 0.496 e. The molecule has 0 radical (unpaired) electrons. The Morgan fingerprint density at radius 1 is 1.14 bits per heavy atom.